The number of benzene rings is 1. The fraction of sp³-hybridized carbons (Fsp3) is 0.312. The van der Waals surface area contributed by atoms with E-state index in [-0.39, 0.29) is 0 Å². The van der Waals surface area contributed by atoms with E-state index in [0.717, 1.165) is 29.6 Å². The fourth-order valence-corrected chi connectivity index (χ4v) is 2.38. The lowest BCUT2D eigenvalue weighted by Crippen LogP contribution is -2.22. The molecule has 0 saturated heterocycles. The van der Waals surface area contributed by atoms with Crippen LogP contribution in [0, 0.1) is 0 Å². The van der Waals surface area contributed by atoms with Gasteiger partial charge in [-0.15, -0.1) is 0 Å². The largest absolute Gasteiger partial charge is 0.309 e. The third kappa shape index (κ3) is 4.44. The van der Waals surface area contributed by atoms with Crippen LogP contribution in [-0.4, -0.2) is 11.5 Å². The summed E-state index contributed by atoms with van der Waals surface area (Å²) >= 11 is 3.43. The third-order valence-corrected chi connectivity index (χ3v) is 3.59. The molecule has 1 atom stereocenters. The van der Waals surface area contributed by atoms with Crippen LogP contribution in [0.25, 0.3) is 0 Å². The van der Waals surface area contributed by atoms with Crippen molar-refractivity contribution in [1.82, 2.24) is 10.3 Å². The van der Waals surface area contributed by atoms with Gasteiger partial charge in [-0.1, -0.05) is 37.3 Å². The highest BCUT2D eigenvalue weighted by atomic mass is 79.9. The standard InChI is InChI=1S/C16H19BrN2/c1-2-18-15(16-11-9-14(17)12-19-16)10-8-13-6-4-3-5-7-13/h3-7,9,11-12,15,18H,2,8,10H2,1H3. The number of pyridine rings is 1. The van der Waals surface area contributed by atoms with Crippen LogP contribution in [0.15, 0.2) is 53.1 Å². The van der Waals surface area contributed by atoms with E-state index in [1.165, 1.54) is 5.56 Å². The Morgan fingerprint density at radius 1 is 1.16 bits per heavy atom. The van der Waals surface area contributed by atoms with Gasteiger partial charge in [0.1, 0.15) is 0 Å². The first-order valence-electron chi connectivity index (χ1n) is 6.68. The van der Waals surface area contributed by atoms with Gasteiger partial charge in [-0.05, 0) is 53.0 Å². The SMILES string of the molecule is CCNC(CCc1ccccc1)c1ccc(Br)cn1. The third-order valence-electron chi connectivity index (χ3n) is 3.12. The van der Waals surface area contributed by atoms with Crippen LogP contribution >= 0.6 is 15.9 Å². The number of nitrogens with one attached hydrogen (secondary N) is 1. The van der Waals surface area contributed by atoms with E-state index >= 15 is 0 Å². The van der Waals surface area contributed by atoms with Crippen molar-refractivity contribution < 1.29 is 0 Å². The second kappa shape index (κ2) is 7.41. The molecule has 100 valence electrons. The first-order chi connectivity index (χ1) is 9.29. The first-order valence-corrected chi connectivity index (χ1v) is 7.47. The lowest BCUT2D eigenvalue weighted by atomic mass is 10.0. The number of hydrogen-bond donors (Lipinski definition) is 1. The van der Waals surface area contributed by atoms with Gasteiger partial charge >= 0.3 is 0 Å². The molecular formula is C16H19BrN2. The Bertz CT molecular complexity index is 482. The normalized spacial score (nSPS) is 12.3. The van der Waals surface area contributed by atoms with Crippen LogP contribution in [0.5, 0.6) is 0 Å². The first kappa shape index (κ1) is 14.2. The molecule has 3 heteroatoms. The van der Waals surface area contributed by atoms with E-state index in [4.69, 9.17) is 0 Å². The van der Waals surface area contributed by atoms with Gasteiger partial charge < -0.3 is 5.32 Å². The summed E-state index contributed by atoms with van der Waals surface area (Å²) < 4.78 is 1.02. The quantitative estimate of drug-likeness (QED) is 0.866. The number of rotatable bonds is 6. The van der Waals surface area contributed by atoms with Crippen molar-refractivity contribution >= 4 is 15.9 Å². The van der Waals surface area contributed by atoms with Crippen LogP contribution in [0.4, 0.5) is 0 Å². The lowest BCUT2D eigenvalue weighted by Gasteiger charge is -2.17. The minimum Gasteiger partial charge on any atom is -0.309 e. The van der Waals surface area contributed by atoms with Crippen LogP contribution in [0.1, 0.15) is 30.6 Å². The summed E-state index contributed by atoms with van der Waals surface area (Å²) in [6.45, 7) is 3.09. The predicted octanol–water partition coefficient (Wildman–Crippen LogP) is 4.13. The Hall–Kier alpha value is -1.19. The molecule has 19 heavy (non-hydrogen) atoms. The van der Waals surface area contributed by atoms with E-state index in [1.807, 2.05) is 6.20 Å². The van der Waals surface area contributed by atoms with Crippen molar-refractivity contribution in [3.8, 4) is 0 Å². The predicted molar refractivity (Wildman–Crippen MR) is 83.1 cm³/mol. The fourth-order valence-electron chi connectivity index (χ4n) is 2.15. The summed E-state index contributed by atoms with van der Waals surface area (Å²) in [6, 6.07) is 15.1. The van der Waals surface area contributed by atoms with Crippen LogP contribution < -0.4 is 5.32 Å². The molecule has 1 aromatic heterocycles. The highest BCUT2D eigenvalue weighted by Crippen LogP contribution is 2.19. The Labute approximate surface area is 123 Å². The minimum absolute atomic E-state index is 0.318. The summed E-state index contributed by atoms with van der Waals surface area (Å²) in [6.07, 6.45) is 3.99. The van der Waals surface area contributed by atoms with Crippen molar-refractivity contribution in [2.45, 2.75) is 25.8 Å². The Kier molecular flexibility index (Phi) is 5.55. The molecule has 2 nitrogen and oxygen atoms in total. The van der Waals surface area contributed by atoms with E-state index in [0.29, 0.717) is 6.04 Å². The van der Waals surface area contributed by atoms with Crippen molar-refractivity contribution in [3.05, 3.63) is 64.4 Å². The zero-order chi connectivity index (χ0) is 13.5. The molecule has 0 bridgehead atoms. The van der Waals surface area contributed by atoms with Gasteiger partial charge in [0.25, 0.3) is 0 Å². The second-order valence-corrected chi connectivity index (χ2v) is 5.45. The van der Waals surface area contributed by atoms with Crippen molar-refractivity contribution in [2.24, 2.45) is 0 Å². The number of aryl methyl sites for hydroxylation is 1. The van der Waals surface area contributed by atoms with E-state index < -0.39 is 0 Å². The highest BCUT2D eigenvalue weighted by Gasteiger charge is 2.11. The molecule has 1 aromatic carbocycles. The molecule has 1 unspecified atom stereocenters. The molecule has 2 rings (SSSR count). The summed E-state index contributed by atoms with van der Waals surface area (Å²) in [5, 5.41) is 3.51. The molecule has 1 heterocycles. The van der Waals surface area contributed by atoms with Gasteiger partial charge in [-0.3, -0.25) is 4.98 Å². The van der Waals surface area contributed by atoms with Crippen molar-refractivity contribution in [2.75, 3.05) is 6.54 Å². The van der Waals surface area contributed by atoms with E-state index in [9.17, 15) is 0 Å². The summed E-state index contributed by atoms with van der Waals surface area (Å²) in [7, 11) is 0. The molecular weight excluding hydrogens is 300 g/mol. The molecule has 1 N–H and O–H groups in total. The molecule has 0 spiro atoms. The number of halogens is 1. The topological polar surface area (TPSA) is 24.9 Å². The molecule has 0 aliphatic heterocycles. The lowest BCUT2D eigenvalue weighted by molar-refractivity contribution is 0.504. The summed E-state index contributed by atoms with van der Waals surface area (Å²) in [5.41, 5.74) is 2.49. The van der Waals surface area contributed by atoms with Gasteiger partial charge in [-0.2, -0.15) is 0 Å². The Balaban J connectivity index is 2.02. The molecule has 0 amide bonds. The maximum atomic E-state index is 4.50. The Morgan fingerprint density at radius 2 is 1.95 bits per heavy atom. The zero-order valence-electron chi connectivity index (χ0n) is 11.1. The van der Waals surface area contributed by atoms with Gasteiger partial charge in [0.05, 0.1) is 5.69 Å². The zero-order valence-corrected chi connectivity index (χ0v) is 12.7. The van der Waals surface area contributed by atoms with Gasteiger partial charge in [-0.25, -0.2) is 0 Å². The van der Waals surface area contributed by atoms with Gasteiger partial charge in [0, 0.05) is 16.7 Å². The molecule has 0 aliphatic rings. The minimum atomic E-state index is 0.318. The van der Waals surface area contributed by atoms with Crippen LogP contribution in [-0.2, 0) is 6.42 Å². The van der Waals surface area contributed by atoms with Crippen molar-refractivity contribution in [1.29, 1.82) is 0 Å². The van der Waals surface area contributed by atoms with Crippen molar-refractivity contribution in [3.63, 3.8) is 0 Å². The maximum Gasteiger partial charge on any atom is 0.0574 e. The van der Waals surface area contributed by atoms with Gasteiger partial charge in [0.15, 0.2) is 0 Å². The summed E-state index contributed by atoms with van der Waals surface area (Å²) in [4.78, 5) is 4.50. The monoisotopic (exact) mass is 318 g/mol. The average molecular weight is 319 g/mol. The second-order valence-electron chi connectivity index (χ2n) is 4.54. The van der Waals surface area contributed by atoms with Crippen LogP contribution in [0.2, 0.25) is 0 Å². The highest BCUT2D eigenvalue weighted by molar-refractivity contribution is 9.10. The maximum absolute atomic E-state index is 4.50. The number of aromatic nitrogens is 1. The average Bonchev–Trinajstić information content (AvgIpc) is 2.46. The molecule has 0 fully saturated rings. The van der Waals surface area contributed by atoms with Gasteiger partial charge in [0.2, 0.25) is 0 Å². The van der Waals surface area contributed by atoms with E-state index in [2.05, 4.69) is 75.6 Å². The Morgan fingerprint density at radius 3 is 2.58 bits per heavy atom. The van der Waals surface area contributed by atoms with E-state index in [1.54, 1.807) is 0 Å². The number of hydrogen-bond acceptors (Lipinski definition) is 2. The molecule has 0 aliphatic carbocycles. The molecule has 2 aromatic rings. The summed E-state index contributed by atoms with van der Waals surface area (Å²) in [5.74, 6) is 0. The van der Waals surface area contributed by atoms with Crippen LogP contribution in [0.3, 0.4) is 0 Å². The molecule has 0 saturated carbocycles. The smallest absolute Gasteiger partial charge is 0.0574 e. The molecule has 0 radical (unpaired) electrons. The number of nitrogens with zero attached hydrogens (tertiary/aromatic N) is 1.